The Morgan fingerprint density at radius 3 is 2.44 bits per heavy atom. The van der Waals surface area contributed by atoms with Crippen molar-refractivity contribution in [3.8, 4) is 16.8 Å². The van der Waals surface area contributed by atoms with Crippen LogP contribution in [0.2, 0.25) is 0 Å². The van der Waals surface area contributed by atoms with E-state index >= 15 is 0 Å². The van der Waals surface area contributed by atoms with E-state index in [1.165, 1.54) is 12.0 Å². The molecule has 2 heterocycles. The molecule has 1 N–H and O–H groups in total. The van der Waals surface area contributed by atoms with Crippen LogP contribution >= 0.6 is 12.6 Å². The van der Waals surface area contributed by atoms with Crippen LogP contribution in [0.25, 0.3) is 16.8 Å². The van der Waals surface area contributed by atoms with Crippen molar-refractivity contribution in [3.63, 3.8) is 0 Å². The van der Waals surface area contributed by atoms with Crippen LogP contribution in [0, 0.1) is 0 Å². The predicted octanol–water partition coefficient (Wildman–Crippen LogP) is 4.91. The van der Waals surface area contributed by atoms with E-state index in [1.807, 2.05) is 50.4 Å². The van der Waals surface area contributed by atoms with Crippen LogP contribution < -0.4 is 11.0 Å². The number of ether oxygens (including phenoxy) is 1. The lowest BCUT2D eigenvalue weighted by Gasteiger charge is -2.34. The molecule has 192 valence electrons. The number of aromatic nitrogens is 4. The maximum atomic E-state index is 12.9. The molecule has 1 aliphatic carbocycles. The third-order valence-electron chi connectivity index (χ3n) is 6.51. The summed E-state index contributed by atoms with van der Waals surface area (Å²) in [7, 11) is 0. The van der Waals surface area contributed by atoms with Gasteiger partial charge in [0.05, 0.1) is 28.5 Å². The minimum absolute atomic E-state index is 0.0427. The quantitative estimate of drug-likeness (QED) is 0.205. The van der Waals surface area contributed by atoms with Crippen LogP contribution in [-0.4, -0.2) is 37.2 Å². The molecule has 1 aliphatic rings. The number of aryl methyl sites for hydroxylation is 1. The minimum Gasteiger partial charge on any atom is -0.351 e. The van der Waals surface area contributed by atoms with Crippen LogP contribution in [-0.2, 0) is 16.1 Å². The second-order valence-electron chi connectivity index (χ2n) is 9.18. The molecule has 0 radical (unpaired) electrons. The monoisotopic (exact) mass is 509 g/mol. The van der Waals surface area contributed by atoms with Crippen molar-refractivity contribution >= 4 is 12.6 Å². The highest BCUT2D eigenvalue weighted by atomic mass is 32.1. The van der Waals surface area contributed by atoms with E-state index in [0.717, 1.165) is 41.8 Å². The summed E-state index contributed by atoms with van der Waals surface area (Å²) < 4.78 is 6.88. The molecule has 1 fully saturated rings. The van der Waals surface area contributed by atoms with Gasteiger partial charge in [-0.05, 0) is 80.9 Å². The highest BCUT2D eigenvalue weighted by Gasteiger charge is 2.30. The average molecular weight is 510 g/mol. The van der Waals surface area contributed by atoms with Gasteiger partial charge in [0.1, 0.15) is 0 Å². The number of thiol groups is 1. The third-order valence-corrected chi connectivity index (χ3v) is 6.96. The van der Waals surface area contributed by atoms with Crippen LogP contribution in [0.15, 0.2) is 71.1 Å². The van der Waals surface area contributed by atoms with Crippen molar-refractivity contribution in [2.24, 2.45) is 0 Å². The Balaban J connectivity index is 1.43. The Labute approximate surface area is 217 Å². The molecular weight excluding hydrogens is 474 g/mol. The summed E-state index contributed by atoms with van der Waals surface area (Å²) in [4.78, 5) is 20.3. The Morgan fingerprint density at radius 2 is 1.86 bits per heavy atom. The van der Waals surface area contributed by atoms with Gasteiger partial charge < -0.3 is 9.30 Å². The van der Waals surface area contributed by atoms with E-state index in [1.54, 1.807) is 27.8 Å². The highest BCUT2D eigenvalue weighted by Crippen LogP contribution is 2.37. The molecule has 8 nitrogen and oxygen atoms in total. The topological polar surface area (TPSA) is 83.2 Å². The number of nitrogens with one attached hydrogen (secondary N) is 1. The molecule has 0 saturated heterocycles. The van der Waals surface area contributed by atoms with Crippen molar-refractivity contribution in [2.45, 2.75) is 70.5 Å². The number of rotatable bonds is 12. The van der Waals surface area contributed by atoms with Gasteiger partial charge in [-0.25, -0.2) is 4.84 Å². The van der Waals surface area contributed by atoms with Crippen molar-refractivity contribution in [3.05, 3.63) is 76.6 Å². The first-order valence-electron chi connectivity index (χ1n) is 12.6. The molecule has 0 bridgehead atoms. The maximum absolute atomic E-state index is 12.9. The lowest BCUT2D eigenvalue weighted by atomic mass is 9.85. The normalized spacial score (nSPS) is 15.7. The number of benzene rings is 1. The maximum Gasteiger partial charge on any atom is 0.251 e. The van der Waals surface area contributed by atoms with E-state index in [2.05, 4.69) is 22.6 Å². The van der Waals surface area contributed by atoms with E-state index in [0.29, 0.717) is 19.6 Å². The van der Waals surface area contributed by atoms with Crippen molar-refractivity contribution in [1.29, 1.82) is 0 Å². The second-order valence-corrected chi connectivity index (χ2v) is 10.2. The van der Waals surface area contributed by atoms with Gasteiger partial charge in [-0.3, -0.25) is 10.3 Å². The summed E-state index contributed by atoms with van der Waals surface area (Å²) >= 11 is 5.00. The molecule has 1 saturated carbocycles. The Bertz CT molecular complexity index is 1210. The van der Waals surface area contributed by atoms with Gasteiger partial charge in [-0.1, -0.05) is 19.1 Å². The summed E-state index contributed by atoms with van der Waals surface area (Å²) in [5.41, 5.74) is 8.16. The number of hydrogen-bond acceptors (Lipinski definition) is 7. The number of hydroxylamine groups is 1. The largest absolute Gasteiger partial charge is 0.351 e. The lowest BCUT2D eigenvalue weighted by molar-refractivity contribution is -0.172. The van der Waals surface area contributed by atoms with Gasteiger partial charge in [0.2, 0.25) is 0 Å². The minimum atomic E-state index is -0.477. The fraction of sp³-hybridized carbons (Fsp3) is 0.444. The first kappa shape index (κ1) is 26.2. The van der Waals surface area contributed by atoms with Crippen LogP contribution in [0.4, 0.5) is 0 Å². The summed E-state index contributed by atoms with van der Waals surface area (Å²) in [6.07, 6.45) is 9.49. The molecule has 0 amide bonds. The summed E-state index contributed by atoms with van der Waals surface area (Å²) in [6.45, 7) is 7.19. The summed E-state index contributed by atoms with van der Waals surface area (Å²) in [5, 5.41) is 8.29. The van der Waals surface area contributed by atoms with E-state index in [4.69, 9.17) is 22.2 Å². The zero-order valence-electron chi connectivity index (χ0n) is 21.2. The Kier molecular flexibility index (Phi) is 8.66. The molecule has 1 unspecified atom stereocenters. The van der Waals surface area contributed by atoms with E-state index < -0.39 is 4.75 Å². The SMILES string of the molecule is CCOC(CC)ONC(=C1CCC1)[C@](C)(S)CCn1ccc(-c2ccc(-n3nccn3)cc2)cc1=O. The van der Waals surface area contributed by atoms with Gasteiger partial charge in [0.25, 0.3) is 5.56 Å². The lowest BCUT2D eigenvalue weighted by Crippen LogP contribution is -2.37. The van der Waals surface area contributed by atoms with Gasteiger partial charge in [0.15, 0.2) is 6.29 Å². The fourth-order valence-electron chi connectivity index (χ4n) is 4.18. The molecular formula is C27H35N5O3S. The van der Waals surface area contributed by atoms with Gasteiger partial charge in [0, 0.05) is 25.4 Å². The van der Waals surface area contributed by atoms with Crippen LogP contribution in [0.3, 0.4) is 0 Å². The molecule has 2 aromatic heterocycles. The molecule has 3 aromatic rings. The van der Waals surface area contributed by atoms with Crippen molar-refractivity contribution < 1.29 is 9.57 Å². The zero-order valence-corrected chi connectivity index (χ0v) is 22.1. The number of hydrogen-bond donors (Lipinski definition) is 2. The molecule has 36 heavy (non-hydrogen) atoms. The number of allylic oxidation sites excluding steroid dienone is 1. The van der Waals surface area contributed by atoms with Crippen molar-refractivity contribution in [2.75, 3.05) is 6.61 Å². The first-order chi connectivity index (χ1) is 17.4. The molecule has 1 aromatic carbocycles. The predicted molar refractivity (Wildman–Crippen MR) is 144 cm³/mol. The molecule has 9 heteroatoms. The van der Waals surface area contributed by atoms with Crippen molar-refractivity contribution in [1.82, 2.24) is 25.0 Å². The number of pyridine rings is 1. The molecule has 2 atom stereocenters. The zero-order chi connectivity index (χ0) is 25.5. The molecule has 4 rings (SSSR count). The summed E-state index contributed by atoms with van der Waals surface area (Å²) in [6, 6.07) is 11.5. The standard InChI is InChI=1S/C27H35N5O3S/c1-4-25(34-5-2)35-30-26(21-7-6-8-21)27(3,36)14-18-31-17-13-22(19-24(31)33)20-9-11-23(12-10-20)32-28-15-16-29-32/h9-13,15-17,19,25,30,36H,4-8,14,18H2,1-3H3/t25?,27-/m1/s1. The van der Waals surface area contributed by atoms with Gasteiger partial charge >= 0.3 is 0 Å². The molecule has 0 aliphatic heterocycles. The van der Waals surface area contributed by atoms with Gasteiger partial charge in [-0.2, -0.15) is 27.6 Å². The van der Waals surface area contributed by atoms with E-state index in [-0.39, 0.29) is 11.8 Å². The average Bonchev–Trinajstić information content (AvgIpc) is 3.39. The highest BCUT2D eigenvalue weighted by molar-refractivity contribution is 7.82. The fourth-order valence-corrected chi connectivity index (χ4v) is 4.49. The molecule has 0 spiro atoms. The Hall–Kier alpha value is -2.88. The van der Waals surface area contributed by atoms with Gasteiger partial charge in [-0.15, -0.1) is 0 Å². The smallest absolute Gasteiger partial charge is 0.251 e. The first-order valence-corrected chi connectivity index (χ1v) is 13.0. The Morgan fingerprint density at radius 1 is 1.14 bits per heavy atom. The third kappa shape index (κ3) is 6.27. The van der Waals surface area contributed by atoms with Crippen LogP contribution in [0.1, 0.15) is 52.9 Å². The van der Waals surface area contributed by atoms with Crippen LogP contribution in [0.5, 0.6) is 0 Å². The van der Waals surface area contributed by atoms with E-state index in [9.17, 15) is 4.79 Å². The second kappa shape index (κ2) is 11.9. The number of nitrogens with zero attached hydrogens (tertiary/aromatic N) is 4. The summed E-state index contributed by atoms with van der Waals surface area (Å²) in [5.74, 6) is 0.